The largest absolute Gasteiger partial charge is 0.454 e. The molecule has 0 amide bonds. The number of ether oxygens (including phenoxy) is 2. The maximum absolute atomic E-state index is 6.43. The molecule has 0 aromatic heterocycles. The van der Waals surface area contributed by atoms with E-state index >= 15 is 0 Å². The molecule has 1 aliphatic heterocycles. The van der Waals surface area contributed by atoms with E-state index < -0.39 is 0 Å². The van der Waals surface area contributed by atoms with Crippen LogP contribution in [0.5, 0.6) is 11.5 Å². The summed E-state index contributed by atoms with van der Waals surface area (Å²) in [6.07, 6.45) is 4.53. The standard InChI is InChI=1S/C12H14BrNO2/c13-9-5-8(12(14)3-1-2-4-12)6-10-11(9)16-7-15-10/h5-6H,1-4,7,14H2. The Morgan fingerprint density at radius 2 is 1.94 bits per heavy atom. The minimum absolute atomic E-state index is 0.177. The first-order valence-corrected chi connectivity index (χ1v) is 6.37. The molecule has 1 heterocycles. The van der Waals surface area contributed by atoms with Crippen LogP contribution in [-0.2, 0) is 5.54 Å². The highest BCUT2D eigenvalue weighted by molar-refractivity contribution is 9.10. The Balaban J connectivity index is 2.05. The van der Waals surface area contributed by atoms with Crippen molar-refractivity contribution in [3.63, 3.8) is 0 Å². The van der Waals surface area contributed by atoms with E-state index in [1.54, 1.807) is 0 Å². The molecule has 1 aromatic carbocycles. The first kappa shape index (κ1) is 10.4. The molecular formula is C12H14BrNO2. The maximum atomic E-state index is 6.43. The van der Waals surface area contributed by atoms with Gasteiger partial charge in [-0.1, -0.05) is 12.8 Å². The quantitative estimate of drug-likeness (QED) is 0.862. The van der Waals surface area contributed by atoms with Gasteiger partial charge in [-0.15, -0.1) is 0 Å². The summed E-state index contributed by atoms with van der Waals surface area (Å²) in [7, 11) is 0. The number of hydrogen-bond donors (Lipinski definition) is 1. The average molecular weight is 284 g/mol. The van der Waals surface area contributed by atoms with Gasteiger partial charge in [0.25, 0.3) is 0 Å². The molecule has 86 valence electrons. The third-order valence-corrected chi connectivity index (χ3v) is 4.09. The molecule has 0 spiro atoms. The highest BCUT2D eigenvalue weighted by Crippen LogP contribution is 2.45. The van der Waals surface area contributed by atoms with Crippen LogP contribution in [0.1, 0.15) is 31.2 Å². The van der Waals surface area contributed by atoms with Crippen LogP contribution in [0.3, 0.4) is 0 Å². The summed E-state index contributed by atoms with van der Waals surface area (Å²) >= 11 is 3.51. The number of halogens is 1. The van der Waals surface area contributed by atoms with Gasteiger partial charge in [-0.05, 0) is 46.5 Å². The fraction of sp³-hybridized carbons (Fsp3) is 0.500. The molecule has 0 saturated heterocycles. The normalized spacial score (nSPS) is 21.4. The summed E-state index contributed by atoms with van der Waals surface area (Å²) in [6, 6.07) is 4.09. The molecular weight excluding hydrogens is 270 g/mol. The van der Waals surface area contributed by atoms with E-state index in [9.17, 15) is 0 Å². The van der Waals surface area contributed by atoms with Crippen molar-refractivity contribution >= 4 is 15.9 Å². The summed E-state index contributed by atoms with van der Waals surface area (Å²) in [6.45, 7) is 0.301. The molecule has 2 N–H and O–H groups in total. The lowest BCUT2D eigenvalue weighted by Gasteiger charge is -2.24. The summed E-state index contributed by atoms with van der Waals surface area (Å²) in [4.78, 5) is 0. The summed E-state index contributed by atoms with van der Waals surface area (Å²) in [5.74, 6) is 1.60. The van der Waals surface area contributed by atoms with Crippen LogP contribution in [-0.4, -0.2) is 6.79 Å². The molecule has 16 heavy (non-hydrogen) atoms. The van der Waals surface area contributed by atoms with Gasteiger partial charge < -0.3 is 15.2 Å². The van der Waals surface area contributed by atoms with Crippen molar-refractivity contribution in [2.75, 3.05) is 6.79 Å². The Labute approximate surface area is 103 Å². The van der Waals surface area contributed by atoms with Crippen LogP contribution in [0.25, 0.3) is 0 Å². The number of nitrogens with two attached hydrogens (primary N) is 1. The van der Waals surface area contributed by atoms with Gasteiger partial charge in [0, 0.05) is 5.54 Å². The Kier molecular flexibility index (Phi) is 2.37. The molecule has 0 bridgehead atoms. The van der Waals surface area contributed by atoms with Gasteiger partial charge >= 0.3 is 0 Å². The Morgan fingerprint density at radius 1 is 1.19 bits per heavy atom. The lowest BCUT2D eigenvalue weighted by Crippen LogP contribution is -2.32. The average Bonchev–Trinajstić information content (AvgIpc) is 2.86. The third kappa shape index (κ3) is 1.52. The second-order valence-electron chi connectivity index (χ2n) is 4.56. The van der Waals surface area contributed by atoms with Crippen molar-refractivity contribution < 1.29 is 9.47 Å². The molecule has 1 aliphatic carbocycles. The highest BCUT2D eigenvalue weighted by atomic mass is 79.9. The lowest BCUT2D eigenvalue weighted by atomic mass is 9.89. The zero-order valence-electron chi connectivity index (χ0n) is 8.96. The third-order valence-electron chi connectivity index (χ3n) is 3.50. The van der Waals surface area contributed by atoms with Gasteiger partial charge in [0.1, 0.15) is 0 Å². The van der Waals surface area contributed by atoms with Crippen molar-refractivity contribution in [2.24, 2.45) is 5.73 Å². The zero-order valence-corrected chi connectivity index (χ0v) is 10.5. The fourth-order valence-corrected chi connectivity index (χ4v) is 3.11. The predicted octanol–water partition coefficient (Wildman–Crippen LogP) is 2.91. The fourth-order valence-electron chi connectivity index (χ4n) is 2.55. The molecule has 1 aromatic rings. The predicted molar refractivity (Wildman–Crippen MR) is 64.6 cm³/mol. The lowest BCUT2D eigenvalue weighted by molar-refractivity contribution is 0.173. The van der Waals surface area contributed by atoms with Crippen LogP contribution < -0.4 is 15.2 Å². The smallest absolute Gasteiger partial charge is 0.231 e. The van der Waals surface area contributed by atoms with E-state index in [1.165, 1.54) is 12.8 Å². The van der Waals surface area contributed by atoms with Crippen molar-refractivity contribution in [3.8, 4) is 11.5 Å². The van der Waals surface area contributed by atoms with Gasteiger partial charge in [0.15, 0.2) is 11.5 Å². The Bertz CT molecular complexity index is 427. The van der Waals surface area contributed by atoms with Gasteiger partial charge in [0.2, 0.25) is 6.79 Å². The molecule has 2 aliphatic rings. The van der Waals surface area contributed by atoms with Crippen molar-refractivity contribution in [1.82, 2.24) is 0 Å². The zero-order chi connectivity index (χ0) is 11.2. The molecule has 3 nitrogen and oxygen atoms in total. The Morgan fingerprint density at radius 3 is 2.69 bits per heavy atom. The van der Waals surface area contributed by atoms with E-state index in [2.05, 4.69) is 22.0 Å². The van der Waals surface area contributed by atoms with Crippen LogP contribution in [0.4, 0.5) is 0 Å². The number of fused-ring (bicyclic) bond motifs is 1. The van der Waals surface area contributed by atoms with E-state index in [0.29, 0.717) is 6.79 Å². The minimum Gasteiger partial charge on any atom is -0.454 e. The number of hydrogen-bond acceptors (Lipinski definition) is 3. The first-order valence-electron chi connectivity index (χ1n) is 5.58. The Hall–Kier alpha value is -0.740. The van der Waals surface area contributed by atoms with Gasteiger partial charge in [-0.3, -0.25) is 0 Å². The number of benzene rings is 1. The summed E-state index contributed by atoms with van der Waals surface area (Å²) in [5, 5.41) is 0. The van der Waals surface area contributed by atoms with Crippen LogP contribution in [0.15, 0.2) is 16.6 Å². The van der Waals surface area contributed by atoms with E-state index in [4.69, 9.17) is 15.2 Å². The highest BCUT2D eigenvalue weighted by Gasteiger charge is 2.33. The van der Waals surface area contributed by atoms with Gasteiger partial charge in [-0.25, -0.2) is 0 Å². The first-order chi connectivity index (χ1) is 7.69. The summed E-state index contributed by atoms with van der Waals surface area (Å²) in [5.41, 5.74) is 7.40. The van der Waals surface area contributed by atoms with E-state index in [0.717, 1.165) is 34.4 Å². The van der Waals surface area contributed by atoms with E-state index in [1.807, 2.05) is 6.07 Å². The van der Waals surface area contributed by atoms with Crippen LogP contribution >= 0.6 is 15.9 Å². The number of rotatable bonds is 1. The molecule has 4 heteroatoms. The van der Waals surface area contributed by atoms with Gasteiger partial charge in [-0.2, -0.15) is 0 Å². The molecule has 0 radical (unpaired) electrons. The molecule has 1 saturated carbocycles. The monoisotopic (exact) mass is 283 g/mol. The molecule has 3 rings (SSSR count). The topological polar surface area (TPSA) is 44.5 Å². The minimum atomic E-state index is -0.177. The molecule has 0 unspecified atom stereocenters. The second-order valence-corrected chi connectivity index (χ2v) is 5.41. The van der Waals surface area contributed by atoms with Gasteiger partial charge in [0.05, 0.1) is 4.47 Å². The SMILES string of the molecule is NC1(c2cc(Br)c3c(c2)OCO3)CCCC1. The second kappa shape index (κ2) is 3.64. The van der Waals surface area contributed by atoms with Crippen molar-refractivity contribution in [3.05, 3.63) is 22.2 Å². The van der Waals surface area contributed by atoms with Crippen LogP contribution in [0.2, 0.25) is 0 Å². The van der Waals surface area contributed by atoms with Crippen molar-refractivity contribution in [1.29, 1.82) is 0 Å². The van der Waals surface area contributed by atoms with E-state index in [-0.39, 0.29) is 5.54 Å². The molecule has 1 fully saturated rings. The van der Waals surface area contributed by atoms with Crippen molar-refractivity contribution in [2.45, 2.75) is 31.2 Å². The summed E-state index contributed by atoms with van der Waals surface area (Å²) < 4.78 is 11.7. The van der Waals surface area contributed by atoms with Crippen LogP contribution in [0, 0.1) is 0 Å². The molecule has 0 atom stereocenters. The maximum Gasteiger partial charge on any atom is 0.231 e.